The van der Waals surface area contributed by atoms with Crippen LogP contribution in [-0.4, -0.2) is 32.8 Å². The van der Waals surface area contributed by atoms with Crippen molar-refractivity contribution in [1.29, 1.82) is 0 Å². The molecule has 0 aliphatic carbocycles. The Kier molecular flexibility index (Phi) is 7.33. The highest BCUT2D eigenvalue weighted by atomic mass is 35.5. The van der Waals surface area contributed by atoms with Gasteiger partial charge in [-0.25, -0.2) is 0 Å². The maximum atomic E-state index is 5.80. The molecule has 0 fully saturated rings. The summed E-state index contributed by atoms with van der Waals surface area (Å²) < 4.78 is 10.2. The Balaban J connectivity index is 3.44. The monoisotopic (exact) mass is 206 g/mol. The lowest BCUT2D eigenvalue weighted by Gasteiger charge is -2.22. The van der Waals surface area contributed by atoms with Crippen LogP contribution in [0.1, 0.15) is 13.3 Å². The van der Waals surface area contributed by atoms with Gasteiger partial charge in [-0.3, -0.25) is 0 Å². The van der Waals surface area contributed by atoms with Crippen LogP contribution in [0.25, 0.3) is 0 Å². The van der Waals surface area contributed by atoms with E-state index in [9.17, 15) is 0 Å². The molecule has 1 atom stereocenters. The van der Waals surface area contributed by atoms with Crippen LogP contribution in [0.2, 0.25) is 0 Å². The Hall–Kier alpha value is -0.0500. The second-order valence-electron chi connectivity index (χ2n) is 3.35. The molecule has 1 unspecified atom stereocenters. The summed E-state index contributed by atoms with van der Waals surface area (Å²) in [4.78, 5) is 0. The molecular weight excluding hydrogens is 188 g/mol. The van der Waals surface area contributed by atoms with Crippen LogP contribution >= 0.6 is 11.6 Å². The van der Waals surface area contributed by atoms with Gasteiger partial charge < -0.3 is 9.47 Å². The largest absolute Gasteiger partial charge is 0.382 e. The number of hydrogen-bond donors (Lipinski definition) is 0. The average molecular weight is 207 g/mol. The highest BCUT2D eigenvalue weighted by molar-refractivity contribution is 6.18. The van der Waals surface area contributed by atoms with Gasteiger partial charge in [0.25, 0.3) is 0 Å². The van der Waals surface area contributed by atoms with Crippen LogP contribution in [0.5, 0.6) is 0 Å². The Bertz CT molecular complexity index is 139. The predicted molar refractivity (Wildman–Crippen MR) is 56.3 cm³/mol. The van der Waals surface area contributed by atoms with Gasteiger partial charge in [0.05, 0.1) is 13.2 Å². The van der Waals surface area contributed by atoms with Crippen LogP contribution in [0.4, 0.5) is 0 Å². The standard InChI is InChI=1S/C10H19ClO2/c1-4-10(2,9-11)5-6-13-8-7-12-3/h4H,1,5-9H2,2-3H3. The fourth-order valence-corrected chi connectivity index (χ4v) is 1.02. The highest BCUT2D eigenvalue weighted by Crippen LogP contribution is 2.23. The van der Waals surface area contributed by atoms with Crippen LogP contribution < -0.4 is 0 Å². The maximum absolute atomic E-state index is 5.80. The third-order valence-electron chi connectivity index (χ3n) is 2.05. The molecule has 0 aromatic carbocycles. The molecule has 0 aromatic heterocycles. The van der Waals surface area contributed by atoms with Crippen molar-refractivity contribution in [3.63, 3.8) is 0 Å². The van der Waals surface area contributed by atoms with Crippen molar-refractivity contribution in [2.24, 2.45) is 5.41 Å². The SMILES string of the molecule is C=CC(C)(CCl)CCOCCOC. The third-order valence-corrected chi connectivity index (χ3v) is 2.66. The number of alkyl halides is 1. The van der Waals surface area contributed by atoms with Gasteiger partial charge >= 0.3 is 0 Å². The molecule has 0 bridgehead atoms. The van der Waals surface area contributed by atoms with Crippen LogP contribution in [0.3, 0.4) is 0 Å². The van der Waals surface area contributed by atoms with E-state index in [2.05, 4.69) is 13.5 Å². The second kappa shape index (κ2) is 7.36. The Morgan fingerprint density at radius 1 is 1.38 bits per heavy atom. The summed E-state index contributed by atoms with van der Waals surface area (Å²) in [6.07, 6.45) is 2.80. The summed E-state index contributed by atoms with van der Waals surface area (Å²) in [5.41, 5.74) is -0.00533. The van der Waals surface area contributed by atoms with E-state index in [4.69, 9.17) is 21.1 Å². The first kappa shape index (κ1) is 12.9. The molecule has 0 saturated carbocycles. The minimum Gasteiger partial charge on any atom is -0.382 e. The topological polar surface area (TPSA) is 18.5 Å². The molecule has 0 rings (SSSR count). The summed E-state index contributed by atoms with van der Waals surface area (Å²) in [5, 5.41) is 0. The van der Waals surface area contributed by atoms with E-state index < -0.39 is 0 Å². The lowest BCUT2D eigenvalue weighted by Crippen LogP contribution is -2.18. The number of methoxy groups -OCH3 is 1. The van der Waals surface area contributed by atoms with E-state index in [1.807, 2.05) is 6.08 Å². The first-order valence-electron chi connectivity index (χ1n) is 4.45. The quantitative estimate of drug-likeness (QED) is 0.345. The molecule has 3 heteroatoms. The van der Waals surface area contributed by atoms with E-state index in [0.29, 0.717) is 25.7 Å². The van der Waals surface area contributed by atoms with Gasteiger partial charge in [-0.1, -0.05) is 13.0 Å². The van der Waals surface area contributed by atoms with Crippen molar-refractivity contribution in [1.82, 2.24) is 0 Å². The first-order chi connectivity index (χ1) is 6.18. The van der Waals surface area contributed by atoms with Crippen LogP contribution in [-0.2, 0) is 9.47 Å². The zero-order valence-corrected chi connectivity index (χ0v) is 9.27. The molecular formula is C10H19ClO2. The van der Waals surface area contributed by atoms with E-state index in [1.54, 1.807) is 7.11 Å². The minimum absolute atomic E-state index is 0.00533. The summed E-state index contributed by atoms with van der Waals surface area (Å²) in [6.45, 7) is 7.83. The van der Waals surface area contributed by atoms with Crippen molar-refractivity contribution < 1.29 is 9.47 Å². The molecule has 0 radical (unpaired) electrons. The Labute approximate surface area is 85.9 Å². The van der Waals surface area contributed by atoms with E-state index in [1.165, 1.54) is 0 Å². The van der Waals surface area contributed by atoms with Crippen LogP contribution in [0, 0.1) is 5.41 Å². The van der Waals surface area contributed by atoms with Gasteiger partial charge in [0.2, 0.25) is 0 Å². The maximum Gasteiger partial charge on any atom is 0.0700 e. The zero-order valence-electron chi connectivity index (χ0n) is 8.51. The van der Waals surface area contributed by atoms with Crippen molar-refractivity contribution in [3.8, 4) is 0 Å². The number of halogens is 1. The fraction of sp³-hybridized carbons (Fsp3) is 0.800. The van der Waals surface area contributed by atoms with Gasteiger partial charge in [-0.2, -0.15) is 0 Å². The van der Waals surface area contributed by atoms with Gasteiger partial charge in [0, 0.05) is 25.0 Å². The lowest BCUT2D eigenvalue weighted by atomic mass is 9.90. The molecule has 0 aliphatic rings. The normalized spacial score (nSPS) is 15.3. The fourth-order valence-electron chi connectivity index (χ4n) is 0.773. The van der Waals surface area contributed by atoms with Gasteiger partial charge in [-0.05, 0) is 6.42 Å². The zero-order chi connectivity index (χ0) is 10.2. The molecule has 13 heavy (non-hydrogen) atoms. The van der Waals surface area contributed by atoms with Crippen molar-refractivity contribution in [2.75, 3.05) is 32.8 Å². The van der Waals surface area contributed by atoms with E-state index >= 15 is 0 Å². The van der Waals surface area contributed by atoms with Crippen molar-refractivity contribution >= 4 is 11.6 Å². The number of rotatable bonds is 8. The molecule has 2 nitrogen and oxygen atoms in total. The van der Waals surface area contributed by atoms with Gasteiger partial charge in [0.15, 0.2) is 0 Å². The van der Waals surface area contributed by atoms with E-state index in [0.717, 1.165) is 6.42 Å². The molecule has 0 spiro atoms. The van der Waals surface area contributed by atoms with Gasteiger partial charge in [-0.15, -0.1) is 18.2 Å². The Morgan fingerprint density at radius 2 is 2.08 bits per heavy atom. The predicted octanol–water partition coefficient (Wildman–Crippen LogP) is 2.47. The number of hydrogen-bond acceptors (Lipinski definition) is 2. The van der Waals surface area contributed by atoms with E-state index in [-0.39, 0.29) is 5.41 Å². The molecule has 78 valence electrons. The smallest absolute Gasteiger partial charge is 0.0700 e. The van der Waals surface area contributed by atoms with Gasteiger partial charge in [0.1, 0.15) is 0 Å². The second-order valence-corrected chi connectivity index (χ2v) is 3.61. The first-order valence-corrected chi connectivity index (χ1v) is 4.98. The summed E-state index contributed by atoms with van der Waals surface area (Å²) in [7, 11) is 1.66. The summed E-state index contributed by atoms with van der Waals surface area (Å²) >= 11 is 5.80. The average Bonchev–Trinajstić information content (AvgIpc) is 2.17. The lowest BCUT2D eigenvalue weighted by molar-refractivity contribution is 0.0609. The summed E-state index contributed by atoms with van der Waals surface area (Å²) in [6, 6.07) is 0. The summed E-state index contributed by atoms with van der Waals surface area (Å²) in [5.74, 6) is 0.587. The molecule has 0 saturated heterocycles. The molecule has 0 N–H and O–H groups in total. The molecule has 0 amide bonds. The molecule has 0 aliphatic heterocycles. The van der Waals surface area contributed by atoms with Crippen molar-refractivity contribution in [2.45, 2.75) is 13.3 Å². The number of allylic oxidation sites excluding steroid dienone is 1. The van der Waals surface area contributed by atoms with Crippen molar-refractivity contribution in [3.05, 3.63) is 12.7 Å². The van der Waals surface area contributed by atoms with Crippen LogP contribution in [0.15, 0.2) is 12.7 Å². The molecule has 0 heterocycles. The third kappa shape index (κ3) is 6.08. The number of ether oxygens (including phenoxy) is 2. The minimum atomic E-state index is -0.00533. The molecule has 0 aromatic rings. The Morgan fingerprint density at radius 3 is 2.54 bits per heavy atom. The highest BCUT2D eigenvalue weighted by Gasteiger charge is 2.17.